The van der Waals surface area contributed by atoms with Gasteiger partial charge in [-0.05, 0) is 47.9 Å². The van der Waals surface area contributed by atoms with E-state index < -0.39 is 18.0 Å². The topological polar surface area (TPSA) is 105 Å². The highest BCUT2D eigenvalue weighted by Crippen LogP contribution is 2.44. The van der Waals surface area contributed by atoms with Crippen molar-refractivity contribution in [2.75, 3.05) is 6.61 Å². The van der Waals surface area contributed by atoms with E-state index in [2.05, 4.69) is 34.9 Å². The van der Waals surface area contributed by atoms with E-state index in [9.17, 15) is 19.5 Å². The quantitative estimate of drug-likeness (QED) is 0.571. The number of carbonyl (C=O) groups is 3. The first-order valence-electron chi connectivity index (χ1n) is 12.7. The van der Waals surface area contributed by atoms with E-state index in [1.165, 1.54) is 11.1 Å². The molecule has 2 amide bonds. The largest absolute Gasteiger partial charge is 0.481 e. The molecule has 7 nitrogen and oxygen atoms in total. The molecule has 0 saturated heterocycles. The van der Waals surface area contributed by atoms with Gasteiger partial charge in [0.25, 0.3) is 0 Å². The third kappa shape index (κ3) is 4.77. The van der Waals surface area contributed by atoms with Gasteiger partial charge in [0.15, 0.2) is 0 Å². The summed E-state index contributed by atoms with van der Waals surface area (Å²) < 4.78 is 5.67. The molecule has 0 aliphatic heterocycles. The van der Waals surface area contributed by atoms with Gasteiger partial charge in [-0.25, -0.2) is 4.79 Å². The molecule has 7 heteroatoms. The zero-order valence-corrected chi connectivity index (χ0v) is 19.7. The summed E-state index contributed by atoms with van der Waals surface area (Å²) in [4.78, 5) is 37.3. The van der Waals surface area contributed by atoms with E-state index in [0.29, 0.717) is 25.7 Å². The molecule has 2 fully saturated rings. The van der Waals surface area contributed by atoms with Crippen LogP contribution in [0.25, 0.3) is 11.1 Å². The SMILES string of the molecule is O=C(N[C@H]1CCC[C@H]1C(=O)NC1CCCCC1C(=O)O)OCC1c2ccccc2-c2ccccc21. The lowest BCUT2D eigenvalue weighted by atomic mass is 9.84. The van der Waals surface area contributed by atoms with Crippen molar-refractivity contribution >= 4 is 18.0 Å². The van der Waals surface area contributed by atoms with Crippen molar-refractivity contribution < 1.29 is 24.2 Å². The maximum atomic E-state index is 13.0. The first-order chi connectivity index (χ1) is 17.0. The molecule has 5 rings (SSSR count). The van der Waals surface area contributed by atoms with Gasteiger partial charge in [-0.2, -0.15) is 0 Å². The Hall–Kier alpha value is -3.35. The van der Waals surface area contributed by atoms with Gasteiger partial charge in [-0.3, -0.25) is 9.59 Å². The van der Waals surface area contributed by atoms with Crippen LogP contribution < -0.4 is 10.6 Å². The van der Waals surface area contributed by atoms with Crippen LogP contribution in [0.2, 0.25) is 0 Å². The number of fused-ring (bicyclic) bond motifs is 3. The predicted octanol–water partition coefficient (Wildman–Crippen LogP) is 4.45. The number of benzene rings is 2. The molecule has 2 unspecified atom stereocenters. The molecule has 3 aliphatic carbocycles. The molecule has 3 aliphatic rings. The Kier molecular flexibility index (Phi) is 6.75. The zero-order valence-electron chi connectivity index (χ0n) is 19.7. The minimum Gasteiger partial charge on any atom is -0.481 e. The van der Waals surface area contributed by atoms with Gasteiger partial charge in [0.05, 0.1) is 11.8 Å². The maximum absolute atomic E-state index is 13.0. The van der Waals surface area contributed by atoms with Crippen LogP contribution in [0.1, 0.15) is 62.0 Å². The van der Waals surface area contributed by atoms with Crippen molar-refractivity contribution in [2.24, 2.45) is 11.8 Å². The van der Waals surface area contributed by atoms with Crippen molar-refractivity contribution in [1.82, 2.24) is 10.6 Å². The van der Waals surface area contributed by atoms with Crippen molar-refractivity contribution in [3.05, 3.63) is 59.7 Å². The first-order valence-corrected chi connectivity index (χ1v) is 12.7. The summed E-state index contributed by atoms with van der Waals surface area (Å²) in [6, 6.07) is 15.7. The van der Waals surface area contributed by atoms with E-state index in [4.69, 9.17) is 4.74 Å². The van der Waals surface area contributed by atoms with Gasteiger partial charge in [-0.1, -0.05) is 67.8 Å². The summed E-state index contributed by atoms with van der Waals surface area (Å²) in [6.07, 6.45) is 4.75. The minimum atomic E-state index is -0.852. The summed E-state index contributed by atoms with van der Waals surface area (Å²) >= 11 is 0. The lowest BCUT2D eigenvalue weighted by molar-refractivity contribution is -0.144. The third-order valence-corrected chi connectivity index (χ3v) is 7.91. The number of carboxylic acid groups (broad SMARTS) is 1. The fraction of sp³-hybridized carbons (Fsp3) is 0.464. The van der Waals surface area contributed by atoms with E-state index in [0.717, 1.165) is 30.4 Å². The van der Waals surface area contributed by atoms with E-state index in [-0.39, 0.29) is 36.4 Å². The lowest BCUT2D eigenvalue weighted by Crippen LogP contribution is -2.50. The Labute approximate surface area is 205 Å². The highest BCUT2D eigenvalue weighted by atomic mass is 16.5. The first kappa shape index (κ1) is 23.4. The Balaban J connectivity index is 1.19. The number of rotatable bonds is 6. The van der Waals surface area contributed by atoms with Crippen LogP contribution in [0.5, 0.6) is 0 Å². The summed E-state index contributed by atoms with van der Waals surface area (Å²) in [6.45, 7) is 0.228. The lowest BCUT2D eigenvalue weighted by Gasteiger charge is -2.31. The highest BCUT2D eigenvalue weighted by molar-refractivity contribution is 5.82. The number of carbonyl (C=O) groups excluding carboxylic acids is 2. The summed E-state index contributed by atoms with van der Waals surface area (Å²) in [5, 5.41) is 15.4. The molecule has 2 saturated carbocycles. The number of hydrogen-bond acceptors (Lipinski definition) is 4. The summed E-state index contributed by atoms with van der Waals surface area (Å²) in [5.41, 5.74) is 4.65. The number of nitrogens with one attached hydrogen (secondary N) is 2. The molecule has 0 aromatic heterocycles. The monoisotopic (exact) mass is 476 g/mol. The number of carboxylic acids is 1. The fourth-order valence-corrected chi connectivity index (χ4v) is 6.13. The third-order valence-electron chi connectivity index (χ3n) is 7.91. The molecule has 0 spiro atoms. The highest BCUT2D eigenvalue weighted by Gasteiger charge is 2.38. The Bertz CT molecular complexity index is 1070. The maximum Gasteiger partial charge on any atom is 0.407 e. The predicted molar refractivity (Wildman–Crippen MR) is 131 cm³/mol. The van der Waals surface area contributed by atoms with Crippen LogP contribution in [-0.2, 0) is 14.3 Å². The number of ether oxygens (including phenoxy) is 1. The zero-order chi connectivity index (χ0) is 24.4. The van der Waals surface area contributed by atoms with Crippen LogP contribution in [0.15, 0.2) is 48.5 Å². The van der Waals surface area contributed by atoms with Crippen molar-refractivity contribution in [3.63, 3.8) is 0 Å². The van der Waals surface area contributed by atoms with Crippen molar-refractivity contribution in [1.29, 1.82) is 0 Å². The number of hydrogen-bond donors (Lipinski definition) is 3. The van der Waals surface area contributed by atoms with Crippen molar-refractivity contribution in [3.8, 4) is 11.1 Å². The van der Waals surface area contributed by atoms with E-state index in [1.54, 1.807) is 0 Å². The number of alkyl carbamates (subject to hydrolysis) is 1. The van der Waals surface area contributed by atoms with Crippen LogP contribution >= 0.6 is 0 Å². The molecule has 35 heavy (non-hydrogen) atoms. The second kappa shape index (κ2) is 10.1. The molecule has 184 valence electrons. The molecule has 2 aromatic carbocycles. The van der Waals surface area contributed by atoms with E-state index in [1.807, 2.05) is 24.3 Å². The normalized spacial score (nSPS) is 25.4. The second-order valence-electron chi connectivity index (χ2n) is 9.96. The molecule has 4 atom stereocenters. The molecule has 3 N–H and O–H groups in total. The van der Waals surface area contributed by atoms with Crippen molar-refractivity contribution in [2.45, 2.75) is 62.9 Å². The fourth-order valence-electron chi connectivity index (χ4n) is 6.13. The average Bonchev–Trinajstić information content (AvgIpc) is 3.45. The number of amides is 2. The Morgan fingerprint density at radius 2 is 1.34 bits per heavy atom. The summed E-state index contributed by atoms with van der Waals surface area (Å²) in [7, 11) is 0. The molecular formula is C28H32N2O5. The van der Waals surface area contributed by atoms with Crippen LogP contribution in [-0.4, -0.2) is 41.8 Å². The second-order valence-corrected chi connectivity index (χ2v) is 9.96. The standard InChI is InChI=1S/C28H32N2O5/c31-26(29-25-14-6-5-12-22(25)27(32)33)21-13-7-15-24(21)30-28(34)35-16-23-19-10-3-1-8-17(19)18-9-2-4-11-20(18)23/h1-4,8-11,21-25H,5-7,12-16H2,(H,29,31)(H,30,34)(H,32,33)/t21-,22?,24+,25?/m1/s1. The van der Waals surface area contributed by atoms with Gasteiger partial charge in [0.1, 0.15) is 6.61 Å². The molecule has 0 radical (unpaired) electrons. The minimum absolute atomic E-state index is 0.0184. The average molecular weight is 477 g/mol. The van der Waals surface area contributed by atoms with Gasteiger partial charge < -0.3 is 20.5 Å². The van der Waals surface area contributed by atoms with Gasteiger partial charge in [-0.15, -0.1) is 0 Å². The van der Waals surface area contributed by atoms with Gasteiger partial charge in [0.2, 0.25) is 5.91 Å². The molecule has 0 heterocycles. The van der Waals surface area contributed by atoms with Gasteiger partial charge >= 0.3 is 12.1 Å². The van der Waals surface area contributed by atoms with Crippen LogP contribution in [0.4, 0.5) is 4.79 Å². The molecular weight excluding hydrogens is 444 g/mol. The Morgan fingerprint density at radius 3 is 2.03 bits per heavy atom. The molecule has 2 aromatic rings. The Morgan fingerprint density at radius 1 is 0.771 bits per heavy atom. The smallest absolute Gasteiger partial charge is 0.407 e. The van der Waals surface area contributed by atoms with Crippen LogP contribution in [0.3, 0.4) is 0 Å². The van der Waals surface area contributed by atoms with Gasteiger partial charge in [0, 0.05) is 18.0 Å². The summed E-state index contributed by atoms with van der Waals surface area (Å²) in [5.74, 6) is -1.94. The van der Waals surface area contributed by atoms with Crippen LogP contribution in [0, 0.1) is 11.8 Å². The molecule has 0 bridgehead atoms. The van der Waals surface area contributed by atoms with E-state index >= 15 is 0 Å². The number of aliphatic carboxylic acids is 1.